The molecule has 1 aliphatic heterocycles. The quantitative estimate of drug-likeness (QED) is 0.586. The van der Waals surface area contributed by atoms with Crippen LogP contribution in [0.4, 0.5) is 5.69 Å². The highest BCUT2D eigenvalue weighted by Crippen LogP contribution is 2.22. The number of rotatable bonds is 2. The van der Waals surface area contributed by atoms with Crippen molar-refractivity contribution in [2.45, 2.75) is 19.4 Å². The van der Waals surface area contributed by atoms with Crippen LogP contribution >= 0.6 is 0 Å². The molecular weight excluding hydrogens is 194 g/mol. The number of benzene rings is 1. The number of hydrogen-bond acceptors (Lipinski definition) is 4. The first-order valence-electron chi connectivity index (χ1n) is 4.86. The zero-order chi connectivity index (χ0) is 10.8. The van der Waals surface area contributed by atoms with Crippen molar-refractivity contribution >= 4 is 11.7 Å². The van der Waals surface area contributed by atoms with Gasteiger partial charge >= 0.3 is 5.97 Å². The molecule has 0 aliphatic carbocycles. The highest BCUT2D eigenvalue weighted by atomic mass is 16.6. The second-order valence-electron chi connectivity index (χ2n) is 3.58. The minimum absolute atomic E-state index is 0.288. The van der Waals surface area contributed by atoms with E-state index in [0.717, 1.165) is 11.3 Å². The van der Waals surface area contributed by atoms with Gasteiger partial charge in [0.2, 0.25) is 0 Å². The smallest absolute Gasteiger partial charge is 0.347 e. The van der Waals surface area contributed by atoms with Gasteiger partial charge in [-0.15, -0.1) is 0 Å². The number of esters is 1. The summed E-state index contributed by atoms with van der Waals surface area (Å²) >= 11 is 0. The fraction of sp³-hybridized carbons (Fsp3) is 0.364. The number of anilines is 1. The summed E-state index contributed by atoms with van der Waals surface area (Å²) in [5, 5.41) is 0. The molecule has 1 fully saturated rings. The fourth-order valence-electron chi connectivity index (χ4n) is 1.47. The van der Waals surface area contributed by atoms with Crippen molar-refractivity contribution in [3.05, 3.63) is 23.8 Å². The van der Waals surface area contributed by atoms with E-state index < -0.39 is 6.10 Å². The van der Waals surface area contributed by atoms with Gasteiger partial charge < -0.3 is 15.2 Å². The molecule has 2 rings (SSSR count). The van der Waals surface area contributed by atoms with Gasteiger partial charge in [0.15, 0.2) is 6.10 Å². The van der Waals surface area contributed by atoms with Crippen LogP contribution in [-0.2, 0) is 9.53 Å². The first-order valence-corrected chi connectivity index (χ1v) is 4.86. The predicted molar refractivity (Wildman–Crippen MR) is 55.6 cm³/mol. The average molecular weight is 207 g/mol. The molecule has 0 bridgehead atoms. The van der Waals surface area contributed by atoms with Crippen LogP contribution in [0.5, 0.6) is 5.75 Å². The molecule has 0 spiro atoms. The lowest BCUT2D eigenvalue weighted by molar-refractivity contribution is -0.143. The van der Waals surface area contributed by atoms with Gasteiger partial charge in [0.1, 0.15) is 5.75 Å². The largest absolute Gasteiger partial charge is 0.479 e. The van der Waals surface area contributed by atoms with E-state index in [0.29, 0.717) is 18.8 Å². The zero-order valence-corrected chi connectivity index (χ0v) is 8.53. The van der Waals surface area contributed by atoms with E-state index in [1.54, 1.807) is 12.1 Å². The monoisotopic (exact) mass is 207 g/mol. The Morgan fingerprint density at radius 2 is 2.33 bits per heavy atom. The molecule has 1 aromatic carbocycles. The number of carbonyl (C=O) groups is 1. The molecule has 1 unspecified atom stereocenters. The van der Waals surface area contributed by atoms with Crippen LogP contribution in [0.3, 0.4) is 0 Å². The van der Waals surface area contributed by atoms with Crippen molar-refractivity contribution in [2.75, 3.05) is 12.3 Å². The van der Waals surface area contributed by atoms with Crippen molar-refractivity contribution in [2.24, 2.45) is 0 Å². The van der Waals surface area contributed by atoms with E-state index in [1.165, 1.54) is 0 Å². The van der Waals surface area contributed by atoms with Gasteiger partial charge in [-0.1, -0.05) is 0 Å². The van der Waals surface area contributed by atoms with E-state index in [2.05, 4.69) is 0 Å². The maximum atomic E-state index is 11.2. The number of aryl methyl sites for hydroxylation is 1. The van der Waals surface area contributed by atoms with Gasteiger partial charge in [0, 0.05) is 12.1 Å². The van der Waals surface area contributed by atoms with Gasteiger partial charge in [-0.05, 0) is 30.7 Å². The maximum absolute atomic E-state index is 11.2. The lowest BCUT2D eigenvalue weighted by Crippen LogP contribution is -2.21. The third kappa shape index (κ3) is 2.03. The standard InChI is InChI=1S/C11H13NO3/c1-7-6-8(2-3-9(7)12)15-10-4-5-14-11(10)13/h2-3,6,10H,4-5,12H2,1H3. The minimum atomic E-state index is -0.465. The predicted octanol–water partition coefficient (Wildman–Crippen LogP) is 1.27. The summed E-state index contributed by atoms with van der Waals surface area (Å²) in [6.45, 7) is 2.34. The lowest BCUT2D eigenvalue weighted by atomic mass is 10.2. The molecule has 80 valence electrons. The van der Waals surface area contributed by atoms with Crippen LogP contribution in [0.2, 0.25) is 0 Å². The Kier molecular flexibility index (Phi) is 2.49. The Bertz CT molecular complexity index is 389. The van der Waals surface area contributed by atoms with Crippen LogP contribution in [0.15, 0.2) is 18.2 Å². The second-order valence-corrected chi connectivity index (χ2v) is 3.58. The van der Waals surface area contributed by atoms with E-state index in [1.807, 2.05) is 13.0 Å². The van der Waals surface area contributed by atoms with E-state index in [9.17, 15) is 4.79 Å². The van der Waals surface area contributed by atoms with Crippen LogP contribution in [0.1, 0.15) is 12.0 Å². The summed E-state index contributed by atoms with van der Waals surface area (Å²) in [6.07, 6.45) is 0.149. The number of ether oxygens (including phenoxy) is 2. The van der Waals surface area contributed by atoms with Crippen molar-refractivity contribution in [1.82, 2.24) is 0 Å². The van der Waals surface area contributed by atoms with Crippen molar-refractivity contribution in [1.29, 1.82) is 0 Å². The van der Waals surface area contributed by atoms with Crippen molar-refractivity contribution < 1.29 is 14.3 Å². The molecule has 4 nitrogen and oxygen atoms in total. The maximum Gasteiger partial charge on any atom is 0.347 e. The minimum Gasteiger partial charge on any atom is -0.479 e. The highest BCUT2D eigenvalue weighted by Gasteiger charge is 2.28. The molecule has 1 heterocycles. The summed E-state index contributed by atoms with van der Waals surface area (Å²) in [7, 11) is 0. The zero-order valence-electron chi connectivity index (χ0n) is 8.53. The van der Waals surface area contributed by atoms with E-state index >= 15 is 0 Å². The Labute approximate surface area is 88.0 Å². The van der Waals surface area contributed by atoms with E-state index in [-0.39, 0.29) is 5.97 Å². The summed E-state index contributed by atoms with van der Waals surface area (Å²) in [6, 6.07) is 5.35. The number of nitrogen functional groups attached to an aromatic ring is 1. The topological polar surface area (TPSA) is 61.5 Å². The molecule has 1 atom stereocenters. The second kappa shape index (κ2) is 3.81. The normalized spacial score (nSPS) is 20.1. The van der Waals surface area contributed by atoms with Gasteiger partial charge in [0.05, 0.1) is 6.61 Å². The first kappa shape index (κ1) is 9.83. The molecule has 0 saturated carbocycles. The molecule has 4 heteroatoms. The Balaban J connectivity index is 2.10. The molecular formula is C11H13NO3. The molecule has 0 amide bonds. The lowest BCUT2D eigenvalue weighted by Gasteiger charge is -2.11. The summed E-state index contributed by atoms with van der Waals surface area (Å²) in [5.41, 5.74) is 7.34. The molecule has 0 aromatic heterocycles. The number of carbonyl (C=O) groups excluding carboxylic acids is 1. The molecule has 1 saturated heterocycles. The number of nitrogens with two attached hydrogens (primary N) is 1. The number of cyclic esters (lactones) is 1. The summed E-state index contributed by atoms with van der Waals surface area (Å²) < 4.78 is 10.3. The first-order chi connectivity index (χ1) is 7.16. The van der Waals surface area contributed by atoms with Gasteiger partial charge in [-0.3, -0.25) is 0 Å². The Morgan fingerprint density at radius 3 is 2.93 bits per heavy atom. The fourth-order valence-corrected chi connectivity index (χ4v) is 1.47. The Morgan fingerprint density at radius 1 is 1.53 bits per heavy atom. The van der Waals surface area contributed by atoms with Gasteiger partial charge in [-0.25, -0.2) is 4.79 Å². The molecule has 2 N–H and O–H groups in total. The third-order valence-electron chi connectivity index (χ3n) is 2.41. The average Bonchev–Trinajstić information content (AvgIpc) is 2.59. The van der Waals surface area contributed by atoms with Crippen LogP contribution in [0.25, 0.3) is 0 Å². The van der Waals surface area contributed by atoms with Crippen LogP contribution < -0.4 is 10.5 Å². The molecule has 15 heavy (non-hydrogen) atoms. The Hall–Kier alpha value is -1.71. The van der Waals surface area contributed by atoms with E-state index in [4.69, 9.17) is 15.2 Å². The van der Waals surface area contributed by atoms with Gasteiger partial charge in [-0.2, -0.15) is 0 Å². The van der Waals surface area contributed by atoms with Crippen LogP contribution in [0, 0.1) is 6.92 Å². The summed E-state index contributed by atoms with van der Waals surface area (Å²) in [5.74, 6) is 0.370. The number of hydrogen-bond donors (Lipinski definition) is 1. The SMILES string of the molecule is Cc1cc(OC2CCOC2=O)ccc1N. The molecule has 1 aromatic rings. The van der Waals surface area contributed by atoms with Crippen molar-refractivity contribution in [3.63, 3.8) is 0 Å². The highest BCUT2D eigenvalue weighted by molar-refractivity contribution is 5.76. The molecule has 0 radical (unpaired) electrons. The van der Waals surface area contributed by atoms with Gasteiger partial charge in [0.25, 0.3) is 0 Å². The van der Waals surface area contributed by atoms with Crippen LogP contribution in [-0.4, -0.2) is 18.7 Å². The summed E-state index contributed by atoms with van der Waals surface area (Å²) in [4.78, 5) is 11.2. The molecule has 1 aliphatic rings. The third-order valence-corrected chi connectivity index (χ3v) is 2.41. The van der Waals surface area contributed by atoms with Crippen molar-refractivity contribution in [3.8, 4) is 5.75 Å².